The van der Waals surface area contributed by atoms with Crippen molar-refractivity contribution in [2.24, 2.45) is 0 Å². The Morgan fingerprint density at radius 3 is 1.26 bits per heavy atom. The standard InChI is InChI=1S/C26H37N3O10/c1-13-22(25(34)28-9-20(38-18(6)32)11-36-16(4)30)14(2)24(27-8)15(3)23(13)26(35)29-10-21(39-19(7)33)12-37-17(5)31/h20-21,27H,9-12H2,1-8H3,(H,28,34)(H,29,35). The molecule has 2 amide bonds. The van der Waals surface area contributed by atoms with Crippen LogP contribution in [0.5, 0.6) is 0 Å². The minimum atomic E-state index is -0.914. The quantitative estimate of drug-likeness (QED) is 0.236. The van der Waals surface area contributed by atoms with Crippen molar-refractivity contribution in [3.8, 4) is 0 Å². The van der Waals surface area contributed by atoms with Gasteiger partial charge in [-0.15, -0.1) is 0 Å². The van der Waals surface area contributed by atoms with E-state index < -0.39 is 47.9 Å². The van der Waals surface area contributed by atoms with Crippen LogP contribution in [0.2, 0.25) is 0 Å². The summed E-state index contributed by atoms with van der Waals surface area (Å²) in [6, 6.07) is 0. The number of amides is 2. The number of benzene rings is 1. The summed E-state index contributed by atoms with van der Waals surface area (Å²) in [6.45, 7) is 9.09. The zero-order valence-corrected chi connectivity index (χ0v) is 23.6. The molecule has 0 aliphatic carbocycles. The number of carbonyl (C=O) groups is 6. The Kier molecular flexibility index (Phi) is 12.9. The molecule has 0 fully saturated rings. The summed E-state index contributed by atoms with van der Waals surface area (Å²) in [5.74, 6) is -3.43. The second-order valence-electron chi connectivity index (χ2n) is 8.74. The van der Waals surface area contributed by atoms with Crippen LogP contribution in [-0.2, 0) is 38.1 Å². The van der Waals surface area contributed by atoms with Crippen LogP contribution in [-0.4, -0.2) is 81.3 Å². The van der Waals surface area contributed by atoms with Crippen molar-refractivity contribution in [2.75, 3.05) is 38.7 Å². The van der Waals surface area contributed by atoms with Crippen LogP contribution in [0.1, 0.15) is 65.1 Å². The van der Waals surface area contributed by atoms with E-state index in [1.807, 2.05) is 0 Å². The van der Waals surface area contributed by atoms with E-state index in [2.05, 4.69) is 16.0 Å². The van der Waals surface area contributed by atoms with Gasteiger partial charge in [0.05, 0.1) is 13.1 Å². The van der Waals surface area contributed by atoms with Crippen molar-refractivity contribution in [2.45, 2.75) is 60.7 Å². The van der Waals surface area contributed by atoms with Gasteiger partial charge in [-0.1, -0.05) is 0 Å². The highest BCUT2D eigenvalue weighted by Gasteiger charge is 2.26. The molecule has 13 heteroatoms. The summed E-state index contributed by atoms with van der Waals surface area (Å²) in [5, 5.41) is 8.36. The number of ether oxygens (including phenoxy) is 4. The normalized spacial score (nSPS) is 11.9. The topological polar surface area (TPSA) is 175 Å². The summed E-state index contributed by atoms with van der Waals surface area (Å²) in [6.07, 6.45) is -1.83. The molecule has 39 heavy (non-hydrogen) atoms. The molecule has 2 unspecified atom stereocenters. The first kappa shape index (κ1) is 32.9. The molecule has 0 saturated carbocycles. The van der Waals surface area contributed by atoms with Crippen LogP contribution < -0.4 is 16.0 Å². The molecule has 1 aromatic carbocycles. The maximum atomic E-state index is 13.3. The van der Waals surface area contributed by atoms with Crippen molar-refractivity contribution < 1.29 is 47.7 Å². The molecule has 3 N–H and O–H groups in total. The Hall–Kier alpha value is -4.16. The van der Waals surface area contributed by atoms with Crippen molar-refractivity contribution in [3.05, 3.63) is 27.8 Å². The third kappa shape index (κ3) is 10.3. The van der Waals surface area contributed by atoms with Gasteiger partial charge in [0.1, 0.15) is 13.2 Å². The zero-order valence-electron chi connectivity index (χ0n) is 23.6. The predicted molar refractivity (Wildman–Crippen MR) is 139 cm³/mol. The van der Waals surface area contributed by atoms with Gasteiger partial charge in [-0.05, 0) is 37.5 Å². The van der Waals surface area contributed by atoms with Gasteiger partial charge in [0.15, 0.2) is 12.2 Å². The van der Waals surface area contributed by atoms with Crippen molar-refractivity contribution in [1.82, 2.24) is 10.6 Å². The van der Waals surface area contributed by atoms with E-state index in [4.69, 9.17) is 18.9 Å². The molecule has 2 atom stereocenters. The molecular formula is C26H37N3O10. The van der Waals surface area contributed by atoms with Crippen LogP contribution in [0.4, 0.5) is 5.69 Å². The average molecular weight is 552 g/mol. The first-order valence-electron chi connectivity index (χ1n) is 12.2. The predicted octanol–water partition coefficient (Wildman–Crippen LogP) is 1.10. The van der Waals surface area contributed by atoms with Crippen LogP contribution in [0.15, 0.2) is 0 Å². The van der Waals surface area contributed by atoms with Crippen LogP contribution >= 0.6 is 0 Å². The summed E-state index contributed by atoms with van der Waals surface area (Å²) in [4.78, 5) is 71.7. The number of rotatable bonds is 13. The van der Waals surface area contributed by atoms with Crippen molar-refractivity contribution in [1.29, 1.82) is 0 Å². The first-order chi connectivity index (χ1) is 18.2. The largest absolute Gasteiger partial charge is 0.462 e. The molecule has 0 bridgehead atoms. The Labute approximate surface area is 227 Å². The van der Waals surface area contributed by atoms with Gasteiger partial charge >= 0.3 is 23.9 Å². The molecule has 216 valence electrons. The first-order valence-corrected chi connectivity index (χ1v) is 12.2. The van der Waals surface area contributed by atoms with Gasteiger partial charge in [0.25, 0.3) is 11.8 Å². The molecule has 13 nitrogen and oxygen atoms in total. The second-order valence-corrected chi connectivity index (χ2v) is 8.74. The third-order valence-corrected chi connectivity index (χ3v) is 5.54. The monoisotopic (exact) mass is 551 g/mol. The molecule has 0 saturated heterocycles. The van der Waals surface area contributed by atoms with Crippen LogP contribution in [0.25, 0.3) is 0 Å². The van der Waals surface area contributed by atoms with E-state index in [-0.39, 0.29) is 37.4 Å². The minimum absolute atomic E-state index is 0.144. The Bertz CT molecular complexity index is 1030. The van der Waals surface area contributed by atoms with E-state index in [9.17, 15) is 28.8 Å². The molecule has 0 aliphatic heterocycles. The van der Waals surface area contributed by atoms with E-state index in [1.54, 1.807) is 27.8 Å². The fourth-order valence-corrected chi connectivity index (χ4v) is 4.02. The van der Waals surface area contributed by atoms with E-state index in [0.29, 0.717) is 22.4 Å². The van der Waals surface area contributed by atoms with Gasteiger partial charge in [0.2, 0.25) is 0 Å². The number of carbonyl (C=O) groups excluding carboxylic acids is 6. The fraction of sp³-hybridized carbons (Fsp3) is 0.538. The maximum absolute atomic E-state index is 13.3. The Morgan fingerprint density at radius 2 is 0.974 bits per heavy atom. The van der Waals surface area contributed by atoms with Gasteiger partial charge in [0, 0.05) is 51.6 Å². The van der Waals surface area contributed by atoms with Crippen LogP contribution in [0, 0.1) is 20.8 Å². The summed E-state index contributed by atoms with van der Waals surface area (Å²) in [7, 11) is 1.65. The smallest absolute Gasteiger partial charge is 0.303 e. The van der Waals surface area contributed by atoms with Crippen LogP contribution in [0.3, 0.4) is 0 Å². The molecule has 0 aromatic heterocycles. The van der Waals surface area contributed by atoms with Gasteiger partial charge in [-0.25, -0.2) is 0 Å². The lowest BCUT2D eigenvalue weighted by Gasteiger charge is -2.23. The fourth-order valence-electron chi connectivity index (χ4n) is 4.02. The Morgan fingerprint density at radius 1 is 0.615 bits per heavy atom. The van der Waals surface area contributed by atoms with E-state index in [1.165, 1.54) is 27.7 Å². The van der Waals surface area contributed by atoms with Crippen molar-refractivity contribution >= 4 is 41.4 Å². The average Bonchev–Trinajstić information content (AvgIpc) is 2.82. The lowest BCUT2D eigenvalue weighted by Crippen LogP contribution is -2.39. The molecule has 1 aromatic rings. The highest BCUT2D eigenvalue weighted by molar-refractivity contribution is 6.06. The molecule has 1 rings (SSSR count). The van der Waals surface area contributed by atoms with E-state index in [0.717, 1.165) is 0 Å². The molecule has 0 radical (unpaired) electrons. The van der Waals surface area contributed by atoms with E-state index >= 15 is 0 Å². The third-order valence-electron chi connectivity index (χ3n) is 5.54. The Balaban J connectivity index is 3.25. The number of hydrogen-bond acceptors (Lipinski definition) is 11. The highest BCUT2D eigenvalue weighted by Crippen LogP contribution is 2.31. The zero-order chi connectivity index (χ0) is 29.9. The highest BCUT2D eigenvalue weighted by atomic mass is 16.6. The lowest BCUT2D eigenvalue weighted by atomic mass is 9.90. The van der Waals surface area contributed by atoms with Crippen molar-refractivity contribution in [3.63, 3.8) is 0 Å². The minimum Gasteiger partial charge on any atom is -0.462 e. The summed E-state index contributed by atoms with van der Waals surface area (Å²) < 4.78 is 20.0. The number of hydrogen-bond donors (Lipinski definition) is 3. The number of anilines is 1. The summed E-state index contributed by atoms with van der Waals surface area (Å²) >= 11 is 0. The molecule has 0 spiro atoms. The number of esters is 4. The second kappa shape index (κ2) is 15.3. The lowest BCUT2D eigenvalue weighted by molar-refractivity contribution is -0.155. The van der Waals surface area contributed by atoms with Gasteiger partial charge in [-0.3, -0.25) is 28.8 Å². The molecule has 0 aliphatic rings. The van der Waals surface area contributed by atoms with Gasteiger partial charge in [-0.2, -0.15) is 0 Å². The molecular weight excluding hydrogens is 514 g/mol. The maximum Gasteiger partial charge on any atom is 0.303 e. The summed E-state index contributed by atoms with van der Waals surface area (Å²) in [5.41, 5.74) is 2.55. The SMILES string of the molecule is CNc1c(C)c(C(=O)NCC(COC(C)=O)OC(C)=O)c(C)c(C(=O)NCC(COC(C)=O)OC(C)=O)c1C. The van der Waals surface area contributed by atoms with Gasteiger partial charge < -0.3 is 34.9 Å². The molecule has 0 heterocycles. The number of nitrogens with one attached hydrogen (secondary N) is 3.